The Morgan fingerprint density at radius 3 is 2.73 bits per heavy atom. The lowest BCUT2D eigenvalue weighted by molar-refractivity contribution is -0.156. The first-order valence-corrected chi connectivity index (χ1v) is 11.9. The van der Waals surface area contributed by atoms with E-state index in [1.807, 2.05) is 6.07 Å². The summed E-state index contributed by atoms with van der Waals surface area (Å²) in [6, 6.07) is 4.10. The number of nitriles is 1. The van der Waals surface area contributed by atoms with Gasteiger partial charge in [-0.2, -0.15) is 10.4 Å². The van der Waals surface area contributed by atoms with Crippen LogP contribution >= 0.6 is 0 Å². The molecule has 0 spiro atoms. The molecule has 0 unspecified atom stereocenters. The molecule has 2 aromatic heterocycles. The monoisotopic (exact) mass is 518 g/mol. The molecule has 0 radical (unpaired) electrons. The summed E-state index contributed by atoms with van der Waals surface area (Å²) in [6.45, 7) is -0.840. The van der Waals surface area contributed by atoms with Crippen molar-refractivity contribution >= 4 is 23.5 Å². The average Bonchev–Trinajstić information content (AvgIpc) is 3.59. The molecule has 4 N–H and O–H groups in total. The molecule has 1 saturated carbocycles. The van der Waals surface area contributed by atoms with Crippen molar-refractivity contribution in [2.45, 2.75) is 61.7 Å². The van der Waals surface area contributed by atoms with Crippen LogP contribution < -0.4 is 5.73 Å². The summed E-state index contributed by atoms with van der Waals surface area (Å²) in [5.74, 6) is -0.349. The standard InChI is InChI=1S/C23H30N6O8/c1-28(2)15(21(32)36-13-5-3-4-6-13)9-34-22(33)35-10-16-18(30)19(31)23(11-24,37-16)17-8-7-14-20(25)26-12-27-29(14)17/h7-8,12-13,15-16,18-19,30-31H,3-6,9-10H2,1-2H3,(H2,25,26,27)/t15-,16+,18+,19+,23-/m0/s1. The molecule has 4 rings (SSSR count). The SMILES string of the molecule is CN(C)[C@@H](COC(=O)OC[C@H]1O[C@@](C#N)(c2ccc3c(N)ncnn23)[C@H](O)[C@@H]1O)C(=O)OC1CCCC1. The van der Waals surface area contributed by atoms with Crippen LogP contribution in [0.2, 0.25) is 0 Å². The van der Waals surface area contributed by atoms with Crippen LogP contribution in [0.4, 0.5) is 10.6 Å². The minimum atomic E-state index is -2.02. The van der Waals surface area contributed by atoms with E-state index in [0.29, 0.717) is 5.52 Å². The Morgan fingerprint density at radius 2 is 2.05 bits per heavy atom. The van der Waals surface area contributed by atoms with E-state index in [1.54, 1.807) is 25.1 Å². The maximum Gasteiger partial charge on any atom is 0.508 e. The zero-order valence-corrected chi connectivity index (χ0v) is 20.5. The maximum atomic E-state index is 12.5. The number of hydrogen-bond acceptors (Lipinski definition) is 13. The van der Waals surface area contributed by atoms with E-state index < -0.39 is 48.7 Å². The molecule has 0 aromatic carbocycles. The third kappa shape index (κ3) is 5.16. The summed E-state index contributed by atoms with van der Waals surface area (Å²) in [4.78, 5) is 30.2. The molecule has 5 atom stereocenters. The van der Waals surface area contributed by atoms with Crippen molar-refractivity contribution in [2.24, 2.45) is 0 Å². The molecule has 1 aliphatic heterocycles. The summed E-state index contributed by atoms with van der Waals surface area (Å²) in [5.41, 5.74) is 4.31. The van der Waals surface area contributed by atoms with E-state index in [2.05, 4.69) is 10.1 Å². The topological polar surface area (TPSA) is 195 Å². The molecule has 1 saturated heterocycles. The Bertz CT molecular complexity index is 1180. The molecule has 3 heterocycles. The largest absolute Gasteiger partial charge is 0.508 e. The number of rotatable bonds is 8. The summed E-state index contributed by atoms with van der Waals surface area (Å²) in [7, 11) is 3.31. The van der Waals surface area contributed by atoms with Gasteiger partial charge in [0.15, 0.2) is 5.82 Å². The van der Waals surface area contributed by atoms with Crippen LogP contribution in [0.15, 0.2) is 18.5 Å². The fourth-order valence-corrected chi connectivity index (χ4v) is 4.57. The highest BCUT2D eigenvalue weighted by molar-refractivity contribution is 5.76. The number of esters is 1. The van der Waals surface area contributed by atoms with Gasteiger partial charge < -0.3 is 34.9 Å². The zero-order chi connectivity index (χ0) is 26.7. The molecule has 2 aromatic rings. The smallest absolute Gasteiger partial charge is 0.461 e. The number of likely N-dealkylation sites (N-methyl/N-ethyl adjacent to an activating group) is 1. The lowest BCUT2D eigenvalue weighted by Crippen LogP contribution is -2.42. The summed E-state index contributed by atoms with van der Waals surface area (Å²) >= 11 is 0. The van der Waals surface area contributed by atoms with E-state index in [1.165, 1.54) is 16.9 Å². The lowest BCUT2D eigenvalue weighted by Gasteiger charge is -2.24. The molecule has 0 amide bonds. The van der Waals surface area contributed by atoms with Gasteiger partial charge in [-0.1, -0.05) is 0 Å². The van der Waals surface area contributed by atoms with Gasteiger partial charge in [-0.3, -0.25) is 9.69 Å². The van der Waals surface area contributed by atoms with Gasteiger partial charge in [0.25, 0.3) is 0 Å². The molecule has 14 heteroatoms. The Kier molecular flexibility index (Phi) is 7.79. The van der Waals surface area contributed by atoms with Crippen LogP contribution in [0.5, 0.6) is 0 Å². The third-order valence-electron chi connectivity index (χ3n) is 6.69. The quantitative estimate of drug-likeness (QED) is 0.386. The molecule has 1 aliphatic carbocycles. The second-order valence-electron chi connectivity index (χ2n) is 9.29. The van der Waals surface area contributed by atoms with E-state index >= 15 is 0 Å². The predicted molar refractivity (Wildman–Crippen MR) is 125 cm³/mol. The minimum absolute atomic E-state index is 0.116. The van der Waals surface area contributed by atoms with Crippen molar-refractivity contribution in [1.82, 2.24) is 19.5 Å². The second-order valence-corrected chi connectivity index (χ2v) is 9.29. The van der Waals surface area contributed by atoms with Crippen LogP contribution in [0.1, 0.15) is 31.4 Å². The van der Waals surface area contributed by atoms with Gasteiger partial charge in [-0.15, -0.1) is 0 Å². The molecular formula is C23H30N6O8. The highest BCUT2D eigenvalue weighted by Gasteiger charge is 2.58. The van der Waals surface area contributed by atoms with Crippen LogP contribution in [-0.2, 0) is 29.3 Å². The van der Waals surface area contributed by atoms with Gasteiger partial charge in [0.05, 0.1) is 5.69 Å². The van der Waals surface area contributed by atoms with Gasteiger partial charge in [-0.05, 0) is 51.9 Å². The van der Waals surface area contributed by atoms with Crippen molar-refractivity contribution in [3.63, 3.8) is 0 Å². The third-order valence-corrected chi connectivity index (χ3v) is 6.69. The lowest BCUT2D eigenvalue weighted by atomic mass is 9.92. The highest BCUT2D eigenvalue weighted by Crippen LogP contribution is 2.40. The predicted octanol–water partition coefficient (Wildman–Crippen LogP) is -0.280. The van der Waals surface area contributed by atoms with E-state index in [0.717, 1.165) is 25.7 Å². The zero-order valence-electron chi connectivity index (χ0n) is 20.5. The first-order chi connectivity index (χ1) is 17.7. The Hall–Kier alpha value is -3.51. The minimum Gasteiger partial charge on any atom is -0.461 e. The Morgan fingerprint density at radius 1 is 1.32 bits per heavy atom. The van der Waals surface area contributed by atoms with Crippen LogP contribution in [-0.4, -0.2) is 99.6 Å². The Labute approximate surface area is 212 Å². The molecule has 2 fully saturated rings. The number of nitrogens with zero attached hydrogens (tertiary/aromatic N) is 5. The van der Waals surface area contributed by atoms with E-state index in [9.17, 15) is 25.1 Å². The number of aliphatic hydroxyl groups is 2. The fourth-order valence-electron chi connectivity index (χ4n) is 4.57. The normalized spacial score (nSPS) is 26.8. The van der Waals surface area contributed by atoms with Crippen molar-refractivity contribution in [1.29, 1.82) is 5.26 Å². The van der Waals surface area contributed by atoms with Crippen LogP contribution in [0.25, 0.3) is 5.52 Å². The van der Waals surface area contributed by atoms with Gasteiger partial charge in [0.1, 0.15) is 61.6 Å². The first-order valence-electron chi connectivity index (χ1n) is 11.9. The number of aliphatic hydroxyl groups excluding tert-OH is 2. The maximum absolute atomic E-state index is 12.5. The van der Waals surface area contributed by atoms with Gasteiger partial charge in [0.2, 0.25) is 5.60 Å². The van der Waals surface area contributed by atoms with Gasteiger partial charge >= 0.3 is 12.1 Å². The van der Waals surface area contributed by atoms with Crippen molar-refractivity contribution in [3.05, 3.63) is 24.2 Å². The molecule has 2 aliphatic rings. The number of nitrogen functional groups attached to an aromatic ring is 1. The van der Waals surface area contributed by atoms with Crippen LogP contribution in [0.3, 0.4) is 0 Å². The van der Waals surface area contributed by atoms with Gasteiger partial charge in [-0.25, -0.2) is 14.3 Å². The summed E-state index contributed by atoms with van der Waals surface area (Å²) in [5, 5.41) is 35.3. The van der Waals surface area contributed by atoms with Gasteiger partial charge in [0, 0.05) is 0 Å². The molecule has 37 heavy (non-hydrogen) atoms. The number of anilines is 1. The number of carbonyl (C=O) groups is 2. The molecule has 14 nitrogen and oxygen atoms in total. The number of fused-ring (bicyclic) bond motifs is 1. The molecular weight excluding hydrogens is 488 g/mol. The average molecular weight is 519 g/mol. The van der Waals surface area contributed by atoms with Crippen LogP contribution in [0, 0.1) is 11.3 Å². The number of hydrogen-bond donors (Lipinski definition) is 3. The van der Waals surface area contributed by atoms with Crippen molar-refractivity contribution in [2.75, 3.05) is 33.0 Å². The molecule has 0 bridgehead atoms. The highest BCUT2D eigenvalue weighted by atomic mass is 16.7. The fraction of sp³-hybridized carbons (Fsp3) is 0.609. The molecule has 200 valence electrons. The van der Waals surface area contributed by atoms with E-state index in [-0.39, 0.29) is 24.2 Å². The number of aromatic nitrogens is 3. The van der Waals surface area contributed by atoms with E-state index in [4.69, 9.17) is 24.7 Å². The first kappa shape index (κ1) is 26.6. The Balaban J connectivity index is 1.37. The number of ether oxygens (including phenoxy) is 4. The van der Waals surface area contributed by atoms with Crippen molar-refractivity contribution in [3.8, 4) is 6.07 Å². The second kappa shape index (κ2) is 10.9. The number of nitrogens with two attached hydrogens (primary N) is 1. The summed E-state index contributed by atoms with van der Waals surface area (Å²) < 4.78 is 22.7. The van der Waals surface area contributed by atoms with Crippen molar-refractivity contribution < 1.29 is 38.7 Å². The summed E-state index contributed by atoms with van der Waals surface area (Å²) in [6.07, 6.45) is -0.960. The number of carbonyl (C=O) groups excluding carboxylic acids is 2.